The maximum absolute atomic E-state index is 12.2. The van der Waals surface area contributed by atoms with Crippen LogP contribution in [0.25, 0.3) is 0 Å². The molecule has 20 heavy (non-hydrogen) atoms. The van der Waals surface area contributed by atoms with Crippen LogP contribution in [-0.4, -0.2) is 16.8 Å². The first kappa shape index (κ1) is 14.9. The van der Waals surface area contributed by atoms with Crippen molar-refractivity contribution in [3.63, 3.8) is 0 Å². The summed E-state index contributed by atoms with van der Waals surface area (Å²) in [4.78, 5) is 25.7. The molecule has 0 bridgehead atoms. The summed E-state index contributed by atoms with van der Waals surface area (Å²) in [5.74, 6) is -0.479. The van der Waals surface area contributed by atoms with Gasteiger partial charge in [-0.1, -0.05) is 37.7 Å². The van der Waals surface area contributed by atoms with E-state index in [0.29, 0.717) is 24.1 Å². The summed E-state index contributed by atoms with van der Waals surface area (Å²) in [7, 11) is 0. The topological polar surface area (TPSA) is 63.4 Å². The van der Waals surface area contributed by atoms with Crippen LogP contribution in [-0.2, 0) is 9.59 Å². The molecule has 0 aliphatic carbocycles. The lowest BCUT2D eigenvalue weighted by molar-refractivity contribution is -0.132. The zero-order chi connectivity index (χ0) is 15.1. The van der Waals surface area contributed by atoms with Crippen LogP contribution in [0.2, 0.25) is 5.02 Å². The SMILES string of the molecule is CC1(C)CC(=O)N(c2ccc(C(N)=S)cc2Cl)C(=O)C1. The molecule has 0 unspecified atom stereocenters. The van der Waals surface area contributed by atoms with Gasteiger partial charge in [0.25, 0.3) is 0 Å². The van der Waals surface area contributed by atoms with Gasteiger partial charge in [-0.25, -0.2) is 4.90 Å². The number of rotatable bonds is 2. The standard InChI is InChI=1S/C14H15ClN2O2S/c1-14(2)6-11(18)17(12(19)7-14)10-4-3-8(13(16)20)5-9(10)15/h3-5H,6-7H2,1-2H3,(H2,16,20). The molecule has 1 aromatic rings. The molecule has 0 aromatic heterocycles. The van der Waals surface area contributed by atoms with E-state index in [0.717, 1.165) is 4.90 Å². The quantitative estimate of drug-likeness (QED) is 0.674. The first-order valence-corrected chi connectivity index (χ1v) is 6.95. The maximum Gasteiger partial charge on any atom is 0.234 e. The normalized spacial score (nSPS) is 18.2. The Morgan fingerprint density at radius 1 is 1.30 bits per heavy atom. The Bertz CT molecular complexity index is 593. The molecule has 4 nitrogen and oxygen atoms in total. The van der Waals surface area contributed by atoms with Crippen molar-refractivity contribution in [3.8, 4) is 0 Å². The Morgan fingerprint density at radius 2 is 1.85 bits per heavy atom. The molecule has 2 rings (SSSR count). The Kier molecular flexibility index (Phi) is 3.84. The fraction of sp³-hybridized carbons (Fsp3) is 0.357. The molecule has 1 fully saturated rings. The number of nitrogens with zero attached hydrogens (tertiary/aromatic N) is 1. The number of carbonyl (C=O) groups excluding carboxylic acids is 2. The summed E-state index contributed by atoms with van der Waals surface area (Å²) in [6, 6.07) is 4.83. The Morgan fingerprint density at radius 3 is 2.30 bits per heavy atom. The van der Waals surface area contributed by atoms with Gasteiger partial charge in [-0.05, 0) is 23.6 Å². The highest BCUT2D eigenvalue weighted by atomic mass is 35.5. The largest absolute Gasteiger partial charge is 0.389 e. The molecule has 2 N–H and O–H groups in total. The number of thiocarbonyl (C=S) groups is 1. The van der Waals surface area contributed by atoms with Crippen LogP contribution in [0.15, 0.2) is 18.2 Å². The first-order valence-electron chi connectivity index (χ1n) is 6.16. The molecule has 0 atom stereocenters. The van der Waals surface area contributed by atoms with Gasteiger partial charge in [0.1, 0.15) is 4.99 Å². The number of nitrogens with two attached hydrogens (primary N) is 1. The number of piperidine rings is 1. The van der Waals surface area contributed by atoms with Crippen molar-refractivity contribution in [2.75, 3.05) is 4.90 Å². The second-order valence-corrected chi connectivity index (χ2v) is 6.52. The molecular weight excluding hydrogens is 296 g/mol. The van der Waals surface area contributed by atoms with Crippen LogP contribution in [0.3, 0.4) is 0 Å². The molecule has 0 spiro atoms. The summed E-state index contributed by atoms with van der Waals surface area (Å²) < 4.78 is 0. The number of carbonyl (C=O) groups is 2. The fourth-order valence-corrected chi connectivity index (χ4v) is 2.68. The molecule has 1 aliphatic rings. The summed E-state index contributed by atoms with van der Waals surface area (Å²) in [5.41, 5.74) is 6.21. The second-order valence-electron chi connectivity index (χ2n) is 5.67. The number of hydrogen-bond acceptors (Lipinski definition) is 3. The summed E-state index contributed by atoms with van der Waals surface area (Å²) in [6.07, 6.45) is 0.623. The van der Waals surface area contributed by atoms with Crippen molar-refractivity contribution in [1.82, 2.24) is 0 Å². The highest BCUT2D eigenvalue weighted by Crippen LogP contribution is 2.36. The van der Waals surface area contributed by atoms with Crippen LogP contribution in [0.1, 0.15) is 32.3 Å². The molecule has 1 saturated heterocycles. The van der Waals surface area contributed by atoms with Crippen molar-refractivity contribution in [2.45, 2.75) is 26.7 Å². The molecule has 106 valence electrons. The number of anilines is 1. The lowest BCUT2D eigenvalue weighted by Crippen LogP contribution is -2.46. The molecule has 1 aromatic carbocycles. The van der Waals surface area contributed by atoms with Gasteiger partial charge in [0.2, 0.25) is 11.8 Å². The van der Waals surface area contributed by atoms with E-state index < -0.39 is 0 Å². The van der Waals surface area contributed by atoms with Crippen molar-refractivity contribution in [1.29, 1.82) is 0 Å². The Hall–Kier alpha value is -1.46. The van der Waals surface area contributed by atoms with Gasteiger partial charge in [0.05, 0.1) is 10.7 Å². The third-order valence-electron chi connectivity index (χ3n) is 3.23. The van der Waals surface area contributed by atoms with E-state index >= 15 is 0 Å². The Balaban J connectivity index is 2.39. The van der Waals surface area contributed by atoms with E-state index in [2.05, 4.69) is 0 Å². The van der Waals surface area contributed by atoms with Crippen LogP contribution >= 0.6 is 23.8 Å². The molecular formula is C14H15ClN2O2S. The van der Waals surface area contributed by atoms with E-state index in [1.54, 1.807) is 18.2 Å². The molecule has 6 heteroatoms. The summed E-state index contributed by atoms with van der Waals surface area (Å²) in [6.45, 7) is 3.80. The predicted molar refractivity (Wildman–Crippen MR) is 82.8 cm³/mol. The smallest absolute Gasteiger partial charge is 0.234 e. The van der Waals surface area contributed by atoms with Gasteiger partial charge in [0.15, 0.2) is 0 Å². The minimum atomic E-state index is -0.310. The third-order valence-corrected chi connectivity index (χ3v) is 3.77. The summed E-state index contributed by atoms with van der Waals surface area (Å²) >= 11 is 11.0. The fourth-order valence-electron chi connectivity index (χ4n) is 2.29. The number of benzene rings is 1. The van der Waals surface area contributed by atoms with E-state index in [9.17, 15) is 9.59 Å². The second kappa shape index (κ2) is 5.14. The van der Waals surface area contributed by atoms with Gasteiger partial charge >= 0.3 is 0 Å². The number of hydrogen-bond donors (Lipinski definition) is 1. The van der Waals surface area contributed by atoms with E-state index in [4.69, 9.17) is 29.6 Å². The van der Waals surface area contributed by atoms with Gasteiger partial charge in [-0.2, -0.15) is 0 Å². The molecule has 1 heterocycles. The lowest BCUT2D eigenvalue weighted by Gasteiger charge is -2.35. The molecule has 2 amide bonds. The van der Waals surface area contributed by atoms with Gasteiger partial charge in [0, 0.05) is 18.4 Å². The van der Waals surface area contributed by atoms with Crippen molar-refractivity contribution < 1.29 is 9.59 Å². The minimum absolute atomic E-state index is 0.218. The van der Waals surface area contributed by atoms with Crippen LogP contribution in [0, 0.1) is 5.41 Å². The number of imide groups is 1. The zero-order valence-electron chi connectivity index (χ0n) is 11.3. The van der Waals surface area contributed by atoms with Crippen molar-refractivity contribution in [2.24, 2.45) is 11.1 Å². The van der Waals surface area contributed by atoms with Crippen LogP contribution in [0.5, 0.6) is 0 Å². The third kappa shape index (κ3) is 2.83. The Labute approximate surface area is 127 Å². The van der Waals surface area contributed by atoms with Crippen LogP contribution < -0.4 is 10.6 Å². The van der Waals surface area contributed by atoms with Gasteiger partial charge < -0.3 is 5.73 Å². The van der Waals surface area contributed by atoms with E-state index in [-0.39, 0.29) is 27.2 Å². The summed E-state index contributed by atoms with van der Waals surface area (Å²) in [5, 5.41) is 0.289. The van der Waals surface area contributed by atoms with Crippen molar-refractivity contribution >= 4 is 46.3 Å². The van der Waals surface area contributed by atoms with Gasteiger partial charge in [-0.15, -0.1) is 0 Å². The van der Waals surface area contributed by atoms with Crippen molar-refractivity contribution in [3.05, 3.63) is 28.8 Å². The van der Waals surface area contributed by atoms with Gasteiger partial charge in [-0.3, -0.25) is 9.59 Å². The van der Waals surface area contributed by atoms with E-state index in [1.165, 1.54) is 0 Å². The maximum atomic E-state index is 12.2. The average molecular weight is 311 g/mol. The zero-order valence-corrected chi connectivity index (χ0v) is 12.8. The van der Waals surface area contributed by atoms with Crippen LogP contribution in [0.4, 0.5) is 5.69 Å². The highest BCUT2D eigenvalue weighted by Gasteiger charge is 2.38. The number of halogens is 1. The first-order chi connectivity index (χ1) is 9.21. The molecule has 0 radical (unpaired) electrons. The molecule has 0 saturated carbocycles. The minimum Gasteiger partial charge on any atom is -0.389 e. The lowest BCUT2D eigenvalue weighted by atomic mass is 9.81. The predicted octanol–water partition coefficient (Wildman–Crippen LogP) is 2.65. The van der Waals surface area contributed by atoms with E-state index in [1.807, 2.05) is 13.8 Å². The average Bonchev–Trinajstić information content (AvgIpc) is 2.28. The monoisotopic (exact) mass is 310 g/mol. The molecule has 1 aliphatic heterocycles. The number of amides is 2. The highest BCUT2D eigenvalue weighted by molar-refractivity contribution is 7.80.